The number of rotatable bonds is 9. The molecule has 0 aliphatic rings. The highest BCUT2D eigenvalue weighted by Gasteiger charge is 2.18. The third kappa shape index (κ3) is 5.77. The number of methoxy groups -OCH3 is 2. The number of hydrogen-bond donors (Lipinski definition) is 2. The first kappa shape index (κ1) is 20.3. The molecule has 142 valence electrons. The van der Waals surface area contributed by atoms with Gasteiger partial charge in [0.1, 0.15) is 0 Å². The van der Waals surface area contributed by atoms with Gasteiger partial charge in [-0.15, -0.1) is 10.2 Å². The topological polar surface area (TPSA) is 85.4 Å². The van der Waals surface area contributed by atoms with Crippen molar-refractivity contribution in [2.24, 2.45) is 5.92 Å². The van der Waals surface area contributed by atoms with Crippen molar-refractivity contribution in [3.8, 4) is 11.5 Å². The number of hydrogen-bond acceptors (Lipinski definition) is 8. The Morgan fingerprint density at radius 1 is 1.19 bits per heavy atom. The molecule has 1 heterocycles. The molecule has 2 aromatic rings. The summed E-state index contributed by atoms with van der Waals surface area (Å²) in [6.45, 7) is 6.94. The van der Waals surface area contributed by atoms with Gasteiger partial charge in [-0.2, -0.15) is 0 Å². The minimum Gasteiger partial charge on any atom is -0.493 e. The number of nitrogens with zero attached hydrogens (tertiary/aromatic N) is 2. The van der Waals surface area contributed by atoms with Crippen LogP contribution in [0, 0.1) is 5.92 Å². The standard InChI is InChI=1S/C17H24N4O3S2/c1-10(2)9-18-16-20-21-17(26-16)25-11(3)15(22)19-12-6-7-13(23-4)14(8-12)24-5/h6-8,10-11H,9H2,1-5H3,(H,18,20)(H,19,22)/t11-/m0/s1. The number of benzene rings is 1. The fourth-order valence-electron chi connectivity index (χ4n) is 1.98. The van der Waals surface area contributed by atoms with E-state index in [2.05, 4.69) is 34.7 Å². The predicted octanol–water partition coefficient (Wildman–Crippen LogP) is 3.74. The van der Waals surface area contributed by atoms with Crippen LogP contribution in [0.2, 0.25) is 0 Å². The van der Waals surface area contributed by atoms with Crippen LogP contribution in [0.15, 0.2) is 22.5 Å². The zero-order valence-electron chi connectivity index (χ0n) is 15.5. The molecule has 0 aliphatic heterocycles. The van der Waals surface area contributed by atoms with Gasteiger partial charge in [-0.05, 0) is 25.0 Å². The Morgan fingerprint density at radius 2 is 1.92 bits per heavy atom. The van der Waals surface area contributed by atoms with Crippen LogP contribution in [-0.2, 0) is 4.79 Å². The summed E-state index contributed by atoms with van der Waals surface area (Å²) in [5.41, 5.74) is 0.650. The molecule has 1 aromatic heterocycles. The molecular weight excluding hydrogens is 372 g/mol. The average molecular weight is 397 g/mol. The Bertz CT molecular complexity index is 737. The molecule has 26 heavy (non-hydrogen) atoms. The molecule has 0 spiro atoms. The number of amides is 1. The van der Waals surface area contributed by atoms with Crippen molar-refractivity contribution in [3.63, 3.8) is 0 Å². The van der Waals surface area contributed by atoms with Gasteiger partial charge >= 0.3 is 0 Å². The van der Waals surface area contributed by atoms with Crippen molar-refractivity contribution in [1.82, 2.24) is 10.2 Å². The number of anilines is 2. The molecule has 2 rings (SSSR count). The Kier molecular flexibility index (Phi) is 7.52. The first-order valence-electron chi connectivity index (χ1n) is 8.19. The Morgan fingerprint density at radius 3 is 2.58 bits per heavy atom. The number of carbonyl (C=O) groups is 1. The Labute approximate surface area is 161 Å². The van der Waals surface area contributed by atoms with E-state index >= 15 is 0 Å². The summed E-state index contributed by atoms with van der Waals surface area (Å²) in [7, 11) is 3.13. The summed E-state index contributed by atoms with van der Waals surface area (Å²) in [6.07, 6.45) is 0. The lowest BCUT2D eigenvalue weighted by Crippen LogP contribution is -2.22. The highest BCUT2D eigenvalue weighted by Crippen LogP contribution is 2.32. The van der Waals surface area contributed by atoms with Gasteiger partial charge < -0.3 is 20.1 Å². The Hall–Kier alpha value is -2.00. The second-order valence-electron chi connectivity index (χ2n) is 5.97. The molecule has 7 nitrogen and oxygen atoms in total. The van der Waals surface area contributed by atoms with Crippen molar-refractivity contribution in [3.05, 3.63) is 18.2 Å². The zero-order chi connectivity index (χ0) is 19.1. The first-order chi connectivity index (χ1) is 12.4. The summed E-state index contributed by atoms with van der Waals surface area (Å²) in [5, 5.41) is 14.8. The molecule has 9 heteroatoms. The highest BCUT2D eigenvalue weighted by molar-refractivity contribution is 8.02. The van der Waals surface area contributed by atoms with Crippen LogP contribution in [0.4, 0.5) is 10.8 Å². The molecule has 2 N–H and O–H groups in total. The van der Waals surface area contributed by atoms with E-state index in [-0.39, 0.29) is 11.2 Å². The molecule has 0 saturated heterocycles. The average Bonchev–Trinajstić information content (AvgIpc) is 3.07. The van der Waals surface area contributed by atoms with E-state index in [9.17, 15) is 4.79 Å². The Balaban J connectivity index is 1.93. The fraction of sp³-hybridized carbons (Fsp3) is 0.471. The second-order valence-corrected chi connectivity index (χ2v) is 8.53. The number of thioether (sulfide) groups is 1. The number of carbonyl (C=O) groups excluding carboxylic acids is 1. The largest absolute Gasteiger partial charge is 0.493 e. The van der Waals surface area contributed by atoms with Gasteiger partial charge in [-0.25, -0.2) is 0 Å². The monoisotopic (exact) mass is 396 g/mol. The van der Waals surface area contributed by atoms with Crippen LogP contribution < -0.4 is 20.1 Å². The smallest absolute Gasteiger partial charge is 0.237 e. The first-order valence-corrected chi connectivity index (χ1v) is 9.89. The van der Waals surface area contributed by atoms with Crippen molar-refractivity contribution < 1.29 is 14.3 Å². The molecule has 1 amide bonds. The van der Waals surface area contributed by atoms with Crippen molar-refractivity contribution >= 4 is 39.8 Å². The normalized spacial score (nSPS) is 11.9. The molecule has 0 radical (unpaired) electrons. The fourth-order valence-corrected chi connectivity index (χ4v) is 3.89. The van der Waals surface area contributed by atoms with Crippen LogP contribution in [-0.4, -0.2) is 42.1 Å². The second kappa shape index (κ2) is 9.63. The van der Waals surface area contributed by atoms with E-state index in [1.165, 1.54) is 23.1 Å². The van der Waals surface area contributed by atoms with Gasteiger partial charge in [0.05, 0.1) is 19.5 Å². The van der Waals surface area contributed by atoms with Crippen molar-refractivity contribution in [2.45, 2.75) is 30.4 Å². The maximum absolute atomic E-state index is 12.4. The maximum atomic E-state index is 12.4. The van der Waals surface area contributed by atoms with Gasteiger partial charge in [0.25, 0.3) is 0 Å². The zero-order valence-corrected chi connectivity index (χ0v) is 17.2. The molecule has 0 unspecified atom stereocenters. The van der Waals surface area contributed by atoms with Crippen LogP contribution in [0.5, 0.6) is 11.5 Å². The van der Waals surface area contributed by atoms with E-state index in [0.29, 0.717) is 23.1 Å². The summed E-state index contributed by atoms with van der Waals surface area (Å²) >= 11 is 2.83. The summed E-state index contributed by atoms with van der Waals surface area (Å²) in [5.74, 6) is 1.59. The third-order valence-electron chi connectivity index (χ3n) is 3.37. The van der Waals surface area contributed by atoms with E-state index < -0.39 is 0 Å². The molecular formula is C17H24N4O3S2. The lowest BCUT2D eigenvalue weighted by Gasteiger charge is -2.13. The van der Waals surface area contributed by atoms with E-state index in [4.69, 9.17) is 9.47 Å². The lowest BCUT2D eigenvalue weighted by atomic mass is 10.2. The van der Waals surface area contributed by atoms with Gasteiger partial charge in [0.2, 0.25) is 11.0 Å². The van der Waals surface area contributed by atoms with Gasteiger partial charge in [0.15, 0.2) is 15.8 Å². The molecule has 0 aliphatic carbocycles. The third-order valence-corrected chi connectivity index (χ3v) is 5.43. The van der Waals surface area contributed by atoms with Crippen LogP contribution in [0.1, 0.15) is 20.8 Å². The van der Waals surface area contributed by atoms with Gasteiger partial charge in [0, 0.05) is 18.3 Å². The van der Waals surface area contributed by atoms with E-state index in [1.807, 2.05) is 6.92 Å². The molecule has 0 saturated carbocycles. The minimum atomic E-state index is -0.311. The summed E-state index contributed by atoms with van der Waals surface area (Å²) < 4.78 is 11.2. The summed E-state index contributed by atoms with van der Waals surface area (Å²) in [4.78, 5) is 12.4. The van der Waals surface area contributed by atoms with E-state index in [0.717, 1.165) is 16.0 Å². The highest BCUT2D eigenvalue weighted by atomic mass is 32.2. The number of aromatic nitrogens is 2. The molecule has 1 atom stereocenters. The van der Waals surface area contributed by atoms with Gasteiger partial charge in [-0.3, -0.25) is 4.79 Å². The quantitative estimate of drug-likeness (QED) is 0.625. The maximum Gasteiger partial charge on any atom is 0.237 e. The van der Waals surface area contributed by atoms with Crippen LogP contribution >= 0.6 is 23.1 Å². The van der Waals surface area contributed by atoms with Gasteiger partial charge in [-0.1, -0.05) is 36.9 Å². The van der Waals surface area contributed by atoms with Crippen LogP contribution in [0.25, 0.3) is 0 Å². The molecule has 0 bridgehead atoms. The van der Waals surface area contributed by atoms with Crippen molar-refractivity contribution in [1.29, 1.82) is 0 Å². The minimum absolute atomic E-state index is 0.117. The molecule has 1 aromatic carbocycles. The summed E-state index contributed by atoms with van der Waals surface area (Å²) in [6, 6.07) is 5.26. The lowest BCUT2D eigenvalue weighted by molar-refractivity contribution is -0.115. The SMILES string of the molecule is COc1ccc(NC(=O)[C@H](C)Sc2nnc(NCC(C)C)s2)cc1OC. The number of nitrogens with one attached hydrogen (secondary N) is 2. The van der Waals surface area contributed by atoms with Crippen LogP contribution in [0.3, 0.4) is 0 Å². The van der Waals surface area contributed by atoms with Crippen molar-refractivity contribution in [2.75, 3.05) is 31.4 Å². The number of ether oxygens (including phenoxy) is 2. The van der Waals surface area contributed by atoms with E-state index in [1.54, 1.807) is 32.4 Å². The molecule has 0 fully saturated rings. The predicted molar refractivity (Wildman–Crippen MR) is 107 cm³/mol.